The molecule has 0 saturated carbocycles. The highest BCUT2D eigenvalue weighted by Gasteiger charge is 2.17. The number of unbranched alkanes of at least 4 members (excludes halogenated alkanes) is 2. The highest BCUT2D eigenvalue weighted by Crippen LogP contribution is 2.22. The number of rotatable bonds is 8. The Labute approximate surface area is 120 Å². The molecule has 6 heteroatoms. The predicted molar refractivity (Wildman–Crippen MR) is 78.9 cm³/mol. The van der Waals surface area contributed by atoms with Gasteiger partial charge in [-0.1, -0.05) is 37.4 Å². The van der Waals surface area contributed by atoms with Crippen LogP contribution in [0.3, 0.4) is 0 Å². The number of nitrogens with one attached hydrogen (secondary N) is 2. The van der Waals surface area contributed by atoms with Crippen LogP contribution >= 0.6 is 11.6 Å². The van der Waals surface area contributed by atoms with E-state index in [1.54, 1.807) is 12.1 Å². The molecule has 0 atom stereocenters. The smallest absolute Gasteiger partial charge is 0.242 e. The molecule has 0 unspecified atom stereocenters. The van der Waals surface area contributed by atoms with E-state index < -0.39 is 10.0 Å². The first-order chi connectivity index (χ1) is 9.01. The van der Waals surface area contributed by atoms with Gasteiger partial charge in [0.25, 0.3) is 0 Å². The summed E-state index contributed by atoms with van der Waals surface area (Å²) in [6, 6.07) is 5.05. The van der Waals surface area contributed by atoms with Gasteiger partial charge in [0, 0.05) is 13.1 Å². The number of hydrogen-bond acceptors (Lipinski definition) is 3. The summed E-state index contributed by atoms with van der Waals surface area (Å²) in [5.74, 6) is 0. The molecule has 4 nitrogen and oxygen atoms in total. The molecule has 1 rings (SSSR count). The number of benzene rings is 1. The van der Waals surface area contributed by atoms with Gasteiger partial charge in [0.2, 0.25) is 10.0 Å². The van der Waals surface area contributed by atoms with E-state index >= 15 is 0 Å². The van der Waals surface area contributed by atoms with Gasteiger partial charge in [0.05, 0.1) is 5.02 Å². The lowest BCUT2D eigenvalue weighted by molar-refractivity contribution is 0.576. The summed E-state index contributed by atoms with van der Waals surface area (Å²) < 4.78 is 26.9. The first-order valence-corrected chi connectivity index (χ1v) is 8.30. The molecule has 0 aliphatic rings. The second-order valence-corrected chi connectivity index (χ2v) is 6.54. The Morgan fingerprint density at radius 3 is 2.63 bits per heavy atom. The van der Waals surface area contributed by atoms with Gasteiger partial charge in [-0.3, -0.25) is 0 Å². The Bertz CT molecular complexity index is 503. The van der Waals surface area contributed by atoms with Crippen molar-refractivity contribution in [1.82, 2.24) is 10.0 Å². The van der Waals surface area contributed by atoms with E-state index in [0.717, 1.165) is 24.8 Å². The molecule has 1 aromatic carbocycles. The van der Waals surface area contributed by atoms with Gasteiger partial charge in [-0.2, -0.15) is 0 Å². The molecule has 108 valence electrons. The van der Waals surface area contributed by atoms with Crippen LogP contribution in [-0.4, -0.2) is 22.0 Å². The second kappa shape index (κ2) is 7.85. The van der Waals surface area contributed by atoms with Crippen LogP contribution in [-0.2, 0) is 16.6 Å². The number of halogens is 1. The molecule has 0 spiro atoms. The Morgan fingerprint density at radius 2 is 2.00 bits per heavy atom. The minimum Gasteiger partial charge on any atom is -0.316 e. The quantitative estimate of drug-likeness (QED) is 0.726. The summed E-state index contributed by atoms with van der Waals surface area (Å²) in [4.78, 5) is 0.151. The third-order valence-corrected chi connectivity index (χ3v) is 4.68. The fraction of sp³-hybridized carbons (Fsp3) is 0.538. The van der Waals surface area contributed by atoms with Crippen LogP contribution in [0.5, 0.6) is 0 Å². The van der Waals surface area contributed by atoms with Crippen LogP contribution in [0.2, 0.25) is 5.02 Å². The van der Waals surface area contributed by atoms with Crippen molar-refractivity contribution in [3.05, 3.63) is 28.8 Å². The molecule has 0 fully saturated rings. The lowest BCUT2D eigenvalue weighted by Gasteiger charge is -2.10. The summed E-state index contributed by atoms with van der Waals surface area (Å²) in [5, 5.41) is 3.24. The van der Waals surface area contributed by atoms with E-state index in [4.69, 9.17) is 11.6 Å². The Hall–Kier alpha value is -0.620. The molecule has 0 aliphatic heterocycles. The van der Waals surface area contributed by atoms with Gasteiger partial charge in [-0.15, -0.1) is 0 Å². The first kappa shape index (κ1) is 16.4. The summed E-state index contributed by atoms with van der Waals surface area (Å²) in [5.41, 5.74) is 0.890. The van der Waals surface area contributed by atoms with Crippen molar-refractivity contribution in [2.75, 3.05) is 13.6 Å². The number of hydrogen-bond donors (Lipinski definition) is 2. The maximum absolute atomic E-state index is 12.2. The summed E-state index contributed by atoms with van der Waals surface area (Å²) in [7, 11) is -1.71. The topological polar surface area (TPSA) is 58.2 Å². The minimum absolute atomic E-state index is 0.151. The van der Waals surface area contributed by atoms with Crippen LogP contribution in [0, 0.1) is 0 Å². The van der Waals surface area contributed by atoms with Crippen LogP contribution in [0.25, 0.3) is 0 Å². The third-order valence-electron chi connectivity index (χ3n) is 2.74. The normalized spacial score (nSPS) is 11.7. The predicted octanol–water partition coefficient (Wildman–Crippen LogP) is 2.53. The molecular formula is C13H21ClN2O2S. The summed E-state index contributed by atoms with van der Waals surface area (Å²) in [6.07, 6.45) is 2.90. The lowest BCUT2D eigenvalue weighted by atomic mass is 10.2. The highest BCUT2D eigenvalue weighted by atomic mass is 35.5. The average molecular weight is 305 g/mol. The lowest BCUT2D eigenvalue weighted by Crippen LogP contribution is -2.25. The van der Waals surface area contributed by atoms with E-state index in [9.17, 15) is 8.42 Å². The fourth-order valence-electron chi connectivity index (χ4n) is 1.73. The molecule has 2 N–H and O–H groups in total. The largest absolute Gasteiger partial charge is 0.316 e. The zero-order valence-corrected chi connectivity index (χ0v) is 12.9. The molecule has 0 aromatic heterocycles. The second-order valence-electron chi connectivity index (χ2n) is 4.40. The summed E-state index contributed by atoms with van der Waals surface area (Å²) >= 11 is 5.98. The van der Waals surface area contributed by atoms with Crippen molar-refractivity contribution in [3.63, 3.8) is 0 Å². The van der Waals surface area contributed by atoms with Crippen LogP contribution < -0.4 is 10.0 Å². The van der Waals surface area contributed by atoms with Gasteiger partial charge in [-0.25, -0.2) is 13.1 Å². The number of sulfonamides is 1. The summed E-state index contributed by atoms with van der Waals surface area (Å²) in [6.45, 7) is 3.13. The maximum Gasteiger partial charge on any atom is 0.242 e. The monoisotopic (exact) mass is 304 g/mol. The van der Waals surface area contributed by atoms with Crippen molar-refractivity contribution in [2.24, 2.45) is 0 Å². The molecule has 19 heavy (non-hydrogen) atoms. The van der Waals surface area contributed by atoms with E-state index in [2.05, 4.69) is 17.0 Å². The van der Waals surface area contributed by atoms with Gasteiger partial charge in [0.15, 0.2) is 0 Å². The zero-order valence-electron chi connectivity index (χ0n) is 11.4. The minimum atomic E-state index is -3.52. The van der Waals surface area contributed by atoms with E-state index in [-0.39, 0.29) is 9.92 Å². The third kappa shape index (κ3) is 5.10. The van der Waals surface area contributed by atoms with E-state index in [1.165, 1.54) is 0 Å². The standard InChI is InChI=1S/C13H21ClN2O2S/c1-3-4-5-8-16-19(17,18)13-9-11(10-15-2)6-7-12(13)14/h6-7,9,15-16H,3-5,8,10H2,1-2H3. The zero-order chi connectivity index (χ0) is 14.3. The van der Waals surface area contributed by atoms with Crippen LogP contribution in [0.4, 0.5) is 0 Å². The molecule has 0 radical (unpaired) electrons. The Kier molecular flexibility index (Phi) is 6.79. The van der Waals surface area contributed by atoms with E-state index in [1.807, 2.05) is 13.1 Å². The van der Waals surface area contributed by atoms with Crippen molar-refractivity contribution in [3.8, 4) is 0 Å². The van der Waals surface area contributed by atoms with Crippen molar-refractivity contribution in [2.45, 2.75) is 37.6 Å². The van der Waals surface area contributed by atoms with Crippen molar-refractivity contribution < 1.29 is 8.42 Å². The van der Waals surface area contributed by atoms with E-state index in [0.29, 0.717) is 13.1 Å². The highest BCUT2D eigenvalue weighted by molar-refractivity contribution is 7.89. The Balaban J connectivity index is 2.84. The fourth-order valence-corrected chi connectivity index (χ4v) is 3.35. The molecule has 0 amide bonds. The molecule has 0 bridgehead atoms. The average Bonchev–Trinajstić information content (AvgIpc) is 2.37. The maximum atomic E-state index is 12.2. The van der Waals surface area contributed by atoms with Gasteiger partial charge >= 0.3 is 0 Å². The molecule has 0 aliphatic carbocycles. The van der Waals surface area contributed by atoms with Gasteiger partial charge < -0.3 is 5.32 Å². The first-order valence-electron chi connectivity index (χ1n) is 6.44. The molecule has 0 saturated heterocycles. The molecule has 0 heterocycles. The van der Waals surface area contributed by atoms with Crippen LogP contribution in [0.1, 0.15) is 31.7 Å². The molecular weight excluding hydrogens is 284 g/mol. The van der Waals surface area contributed by atoms with Crippen molar-refractivity contribution in [1.29, 1.82) is 0 Å². The van der Waals surface area contributed by atoms with Gasteiger partial charge in [-0.05, 0) is 31.2 Å². The van der Waals surface area contributed by atoms with Crippen LogP contribution in [0.15, 0.2) is 23.1 Å². The van der Waals surface area contributed by atoms with Gasteiger partial charge in [0.1, 0.15) is 4.90 Å². The Morgan fingerprint density at radius 1 is 1.26 bits per heavy atom. The molecule has 1 aromatic rings. The van der Waals surface area contributed by atoms with Crippen molar-refractivity contribution >= 4 is 21.6 Å². The SMILES string of the molecule is CCCCCNS(=O)(=O)c1cc(CNC)ccc1Cl.